The van der Waals surface area contributed by atoms with E-state index in [4.69, 9.17) is 10.6 Å². The molecule has 0 aliphatic carbocycles. The molecule has 0 aromatic heterocycles. The smallest absolute Gasteiger partial charge is 0.154 e. The fraction of sp³-hybridized carbons (Fsp3) is 0.833. The number of aliphatic imine (C=N–C) groups is 1. The van der Waals surface area contributed by atoms with Crippen LogP contribution in [-0.2, 0) is 14.6 Å². The van der Waals surface area contributed by atoms with Crippen molar-refractivity contribution in [2.75, 3.05) is 32.3 Å². The topological polar surface area (TPSA) is 93.8 Å². The highest BCUT2D eigenvalue weighted by Gasteiger charge is 2.06. The van der Waals surface area contributed by atoms with E-state index >= 15 is 0 Å². The molecular formula is C6H15N3O3S. The first-order chi connectivity index (χ1) is 5.99. The number of hydrogen-bond acceptors (Lipinski definition) is 5. The van der Waals surface area contributed by atoms with Gasteiger partial charge in [0.05, 0.1) is 13.2 Å². The van der Waals surface area contributed by atoms with Crippen LogP contribution in [0.5, 0.6) is 0 Å². The highest BCUT2D eigenvalue weighted by Crippen LogP contribution is 1.84. The lowest BCUT2D eigenvalue weighted by Crippen LogP contribution is -2.35. The monoisotopic (exact) mass is 209 g/mol. The molecule has 0 rings (SSSR count). The summed E-state index contributed by atoms with van der Waals surface area (Å²) in [6.07, 6.45) is 1.12. The van der Waals surface area contributed by atoms with Crippen LogP contribution in [0.2, 0.25) is 0 Å². The van der Waals surface area contributed by atoms with E-state index in [0.29, 0.717) is 13.2 Å². The number of nitrogens with zero attached hydrogens (tertiary/aromatic N) is 1. The number of ether oxygens (including phenoxy) is 1. The van der Waals surface area contributed by atoms with Crippen LogP contribution in [0.1, 0.15) is 0 Å². The van der Waals surface area contributed by atoms with Gasteiger partial charge >= 0.3 is 0 Å². The molecule has 0 radical (unpaired) electrons. The predicted molar refractivity (Wildman–Crippen MR) is 51.2 cm³/mol. The van der Waals surface area contributed by atoms with Gasteiger partial charge in [0, 0.05) is 13.4 Å². The van der Waals surface area contributed by atoms with Gasteiger partial charge in [0.1, 0.15) is 11.6 Å². The van der Waals surface area contributed by atoms with Crippen molar-refractivity contribution in [2.45, 2.75) is 0 Å². The van der Waals surface area contributed by atoms with E-state index in [-0.39, 0.29) is 11.6 Å². The fourth-order valence-corrected chi connectivity index (χ4v) is 1.32. The van der Waals surface area contributed by atoms with Gasteiger partial charge in [-0.15, -0.1) is 0 Å². The second-order valence-corrected chi connectivity index (χ2v) is 4.68. The Hall–Kier alpha value is -0.660. The summed E-state index contributed by atoms with van der Waals surface area (Å²) < 4.78 is 26.4. The third kappa shape index (κ3) is 7.69. The van der Waals surface area contributed by atoms with Crippen molar-refractivity contribution in [1.82, 2.24) is 5.43 Å². The summed E-state index contributed by atoms with van der Waals surface area (Å²) in [4.78, 5) is 3.89. The number of hydrazine groups is 1. The highest BCUT2D eigenvalue weighted by atomic mass is 32.2. The molecule has 0 fully saturated rings. The van der Waals surface area contributed by atoms with Crippen LogP contribution in [0.3, 0.4) is 0 Å². The van der Waals surface area contributed by atoms with E-state index in [1.54, 1.807) is 7.11 Å². The van der Waals surface area contributed by atoms with Crippen LogP contribution in [0.25, 0.3) is 0 Å². The van der Waals surface area contributed by atoms with Crippen molar-refractivity contribution in [2.24, 2.45) is 10.8 Å². The number of hydrogen-bond donors (Lipinski definition) is 2. The van der Waals surface area contributed by atoms with Gasteiger partial charge in [-0.25, -0.2) is 14.3 Å². The van der Waals surface area contributed by atoms with Crippen molar-refractivity contribution < 1.29 is 13.2 Å². The summed E-state index contributed by atoms with van der Waals surface area (Å²) in [5.74, 6) is 5.15. The second-order valence-electron chi connectivity index (χ2n) is 2.54. The van der Waals surface area contributed by atoms with Crippen LogP contribution in [0.4, 0.5) is 0 Å². The summed E-state index contributed by atoms with van der Waals surface area (Å²) in [6, 6.07) is 0. The summed E-state index contributed by atoms with van der Waals surface area (Å²) in [7, 11) is -1.54. The number of nitrogens with one attached hydrogen (secondary N) is 1. The van der Waals surface area contributed by atoms with Crippen LogP contribution in [0.15, 0.2) is 4.99 Å². The molecule has 0 amide bonds. The van der Waals surface area contributed by atoms with E-state index in [0.717, 1.165) is 6.26 Å². The van der Waals surface area contributed by atoms with E-state index in [2.05, 4.69) is 10.4 Å². The van der Waals surface area contributed by atoms with Gasteiger partial charge in [-0.2, -0.15) is 0 Å². The molecule has 3 N–H and O–H groups in total. The lowest BCUT2D eigenvalue weighted by atomic mass is 10.6. The Morgan fingerprint density at radius 1 is 1.62 bits per heavy atom. The summed E-state index contributed by atoms with van der Waals surface area (Å²) in [5, 5.41) is 0. The molecule has 0 unspecified atom stereocenters. The predicted octanol–water partition coefficient (Wildman–Crippen LogP) is -1.46. The first-order valence-corrected chi connectivity index (χ1v) is 5.72. The van der Waals surface area contributed by atoms with Crippen molar-refractivity contribution in [3.63, 3.8) is 0 Å². The van der Waals surface area contributed by atoms with Crippen molar-refractivity contribution in [3.05, 3.63) is 0 Å². The SMILES string of the molecule is COCCN=C(CS(C)(=O)=O)NN. The number of rotatable bonds is 5. The zero-order valence-corrected chi connectivity index (χ0v) is 8.60. The van der Waals surface area contributed by atoms with Gasteiger partial charge in [0.2, 0.25) is 0 Å². The third-order valence-corrected chi connectivity index (χ3v) is 1.96. The van der Waals surface area contributed by atoms with E-state index in [1.165, 1.54) is 0 Å². The molecule has 0 saturated heterocycles. The van der Waals surface area contributed by atoms with Gasteiger partial charge in [-0.1, -0.05) is 0 Å². The van der Waals surface area contributed by atoms with Crippen LogP contribution in [-0.4, -0.2) is 46.5 Å². The minimum absolute atomic E-state index is 0.173. The molecule has 0 aromatic carbocycles. The average molecular weight is 209 g/mol. The van der Waals surface area contributed by atoms with E-state index < -0.39 is 9.84 Å². The quantitative estimate of drug-likeness (QED) is 0.190. The standard InChI is InChI=1S/C6H15N3O3S/c1-12-4-3-8-6(9-7)5-13(2,10)11/h3-5,7H2,1-2H3,(H,8,9). The largest absolute Gasteiger partial charge is 0.383 e. The number of amidine groups is 1. The lowest BCUT2D eigenvalue weighted by Gasteiger charge is -2.03. The highest BCUT2D eigenvalue weighted by molar-refractivity contribution is 7.91. The maximum absolute atomic E-state index is 10.8. The van der Waals surface area contributed by atoms with Crippen LogP contribution in [0, 0.1) is 0 Å². The summed E-state index contributed by atoms with van der Waals surface area (Å²) >= 11 is 0. The maximum atomic E-state index is 10.8. The Kier molecular flexibility index (Phi) is 5.60. The van der Waals surface area contributed by atoms with E-state index in [1.807, 2.05) is 0 Å². The van der Waals surface area contributed by atoms with Crippen LogP contribution < -0.4 is 11.3 Å². The molecule has 0 heterocycles. The Labute approximate surface area is 78.1 Å². The first-order valence-electron chi connectivity index (χ1n) is 3.66. The summed E-state index contributed by atoms with van der Waals surface area (Å²) in [5.41, 5.74) is 2.23. The average Bonchev–Trinajstić information content (AvgIpc) is 2.01. The van der Waals surface area contributed by atoms with Gasteiger partial charge in [0.25, 0.3) is 0 Å². The van der Waals surface area contributed by atoms with Crippen molar-refractivity contribution in [3.8, 4) is 0 Å². The first kappa shape index (κ1) is 12.3. The zero-order valence-electron chi connectivity index (χ0n) is 7.78. The third-order valence-electron chi connectivity index (χ3n) is 1.16. The lowest BCUT2D eigenvalue weighted by molar-refractivity contribution is 0.208. The number of methoxy groups -OCH3 is 1. The molecule has 0 aromatic rings. The van der Waals surface area contributed by atoms with Gasteiger partial charge < -0.3 is 10.2 Å². The van der Waals surface area contributed by atoms with E-state index in [9.17, 15) is 8.42 Å². The zero-order chi connectivity index (χ0) is 10.3. The molecule has 0 bridgehead atoms. The number of nitrogens with two attached hydrogens (primary N) is 1. The molecule has 0 aliphatic rings. The minimum Gasteiger partial charge on any atom is -0.383 e. The second kappa shape index (κ2) is 5.90. The molecular weight excluding hydrogens is 194 g/mol. The molecule has 0 spiro atoms. The Bertz CT molecular complexity index is 260. The van der Waals surface area contributed by atoms with Crippen molar-refractivity contribution in [1.29, 1.82) is 0 Å². The minimum atomic E-state index is -3.09. The van der Waals surface area contributed by atoms with Gasteiger partial charge in [-0.3, -0.25) is 4.99 Å². The molecule has 7 heteroatoms. The Morgan fingerprint density at radius 3 is 2.62 bits per heavy atom. The molecule has 6 nitrogen and oxygen atoms in total. The molecule has 0 aliphatic heterocycles. The van der Waals surface area contributed by atoms with Gasteiger partial charge in [-0.05, 0) is 0 Å². The Balaban J connectivity index is 4.10. The fourth-order valence-electron chi connectivity index (χ4n) is 0.653. The van der Waals surface area contributed by atoms with Crippen molar-refractivity contribution >= 4 is 15.7 Å². The molecule has 0 saturated carbocycles. The molecule has 13 heavy (non-hydrogen) atoms. The Morgan fingerprint density at radius 2 is 2.23 bits per heavy atom. The summed E-state index contributed by atoms with van der Waals surface area (Å²) in [6.45, 7) is 0.834. The normalized spacial score (nSPS) is 13.0. The molecule has 0 atom stereocenters. The van der Waals surface area contributed by atoms with Gasteiger partial charge in [0.15, 0.2) is 9.84 Å². The maximum Gasteiger partial charge on any atom is 0.154 e. The molecule has 78 valence electrons. The van der Waals surface area contributed by atoms with Crippen LogP contribution >= 0.6 is 0 Å². The number of sulfone groups is 1.